The summed E-state index contributed by atoms with van der Waals surface area (Å²) in [7, 11) is 0. The molecule has 0 radical (unpaired) electrons. The van der Waals surface area contributed by atoms with Gasteiger partial charge in [-0.15, -0.1) is 11.8 Å². The van der Waals surface area contributed by atoms with Gasteiger partial charge < -0.3 is 20.1 Å². The molecule has 2 amide bonds. The average molecular weight is 517 g/mol. The van der Waals surface area contributed by atoms with Gasteiger partial charge in [0.05, 0.1) is 0 Å². The predicted molar refractivity (Wildman–Crippen MR) is 126 cm³/mol. The normalized spacial score (nSPS) is 26.4. The fourth-order valence-corrected chi connectivity index (χ4v) is 6.52. The fraction of sp³-hybridized carbons (Fsp3) is 0.545. The molecule has 3 rings (SSSR count). The topological polar surface area (TPSA) is 113 Å². The number of hydrogen-bond donors (Lipinski definition) is 2. The molecule has 0 aliphatic carbocycles. The van der Waals surface area contributed by atoms with Crippen molar-refractivity contribution in [3.63, 3.8) is 0 Å². The molecule has 2 fully saturated rings. The zero-order valence-corrected chi connectivity index (χ0v) is 21.2. The standard InChI is InChI=1S/C22H26Cl2N2O6S/c1-10(2)6-15(32-14-8-12(23)7-13(24)9-14)17(28)25-22(11(3)27)19(31)26-16(18(29)30)21(4,5)33-20(22)26/h7-10,15-16,20H,6H2,1-5H3,(H,25,28)(H,29,30)/t15?,16-,20+,22-/m0/s1. The van der Waals surface area contributed by atoms with E-state index >= 15 is 0 Å². The molecule has 0 aromatic heterocycles. The highest BCUT2D eigenvalue weighted by molar-refractivity contribution is 8.01. The molecular formula is C22H26Cl2N2O6S. The second-order valence-corrected chi connectivity index (χ2v) is 11.8. The first-order valence-corrected chi connectivity index (χ1v) is 12.0. The predicted octanol–water partition coefficient (Wildman–Crippen LogP) is 3.38. The van der Waals surface area contributed by atoms with Gasteiger partial charge in [0.15, 0.2) is 11.9 Å². The van der Waals surface area contributed by atoms with E-state index in [0.29, 0.717) is 16.5 Å². The second kappa shape index (κ2) is 9.00. The van der Waals surface area contributed by atoms with Gasteiger partial charge in [-0.2, -0.15) is 0 Å². The molecule has 2 saturated heterocycles. The van der Waals surface area contributed by atoms with Gasteiger partial charge in [-0.05, 0) is 51.3 Å². The zero-order valence-electron chi connectivity index (χ0n) is 18.8. The number of ether oxygens (including phenoxy) is 1. The molecule has 1 aromatic rings. The Morgan fingerprint density at radius 1 is 1.21 bits per heavy atom. The number of benzene rings is 1. The van der Waals surface area contributed by atoms with Gasteiger partial charge in [-0.1, -0.05) is 37.0 Å². The van der Waals surface area contributed by atoms with Crippen molar-refractivity contribution in [1.82, 2.24) is 10.2 Å². The third kappa shape index (κ3) is 4.55. The number of aliphatic carboxylic acids is 1. The van der Waals surface area contributed by atoms with Crippen LogP contribution in [0.1, 0.15) is 41.0 Å². The van der Waals surface area contributed by atoms with E-state index in [-0.39, 0.29) is 11.7 Å². The number of rotatable bonds is 8. The number of ketones is 1. The Morgan fingerprint density at radius 2 is 1.79 bits per heavy atom. The van der Waals surface area contributed by atoms with E-state index in [1.165, 1.54) is 41.8 Å². The van der Waals surface area contributed by atoms with Crippen molar-refractivity contribution >= 4 is 58.5 Å². The van der Waals surface area contributed by atoms with Crippen molar-refractivity contribution in [2.45, 2.75) is 68.8 Å². The summed E-state index contributed by atoms with van der Waals surface area (Å²) in [6.07, 6.45) is -0.740. The summed E-state index contributed by atoms with van der Waals surface area (Å²) in [5.41, 5.74) is -1.85. The maximum Gasteiger partial charge on any atom is 0.327 e. The molecular weight excluding hydrogens is 491 g/mol. The first kappa shape index (κ1) is 25.6. The Labute approximate surface area is 206 Å². The van der Waals surface area contributed by atoms with E-state index in [2.05, 4.69) is 5.32 Å². The lowest BCUT2D eigenvalue weighted by Crippen LogP contribution is -2.82. The van der Waals surface area contributed by atoms with Crippen LogP contribution in [0, 0.1) is 5.92 Å². The SMILES string of the molecule is CC(=O)[C@]1(NC(=O)C(CC(C)C)Oc2cc(Cl)cc(Cl)c2)C(=O)N2[C@@H](C(=O)O)C(C)(C)S[C@@H]21. The van der Waals surface area contributed by atoms with Crippen molar-refractivity contribution in [3.05, 3.63) is 28.2 Å². The fourth-order valence-electron chi connectivity index (χ4n) is 4.26. The lowest BCUT2D eigenvalue weighted by molar-refractivity contribution is -0.172. The molecule has 33 heavy (non-hydrogen) atoms. The lowest BCUT2D eigenvalue weighted by atomic mass is 9.81. The van der Waals surface area contributed by atoms with E-state index in [0.717, 1.165) is 0 Å². The number of carboxylic acid groups (broad SMARTS) is 1. The highest BCUT2D eigenvalue weighted by Gasteiger charge is 2.74. The average Bonchev–Trinajstić information content (AvgIpc) is 2.92. The minimum Gasteiger partial charge on any atom is -0.480 e. The summed E-state index contributed by atoms with van der Waals surface area (Å²) in [5, 5.41) is 12.1. The number of Topliss-reactive ketones (excluding diaryl/α,β-unsaturated/α-hetero) is 1. The number of carbonyl (C=O) groups excluding carboxylic acids is 3. The number of hydrogen-bond acceptors (Lipinski definition) is 6. The summed E-state index contributed by atoms with van der Waals surface area (Å²) in [4.78, 5) is 52.2. The number of nitrogens with one attached hydrogen (secondary N) is 1. The van der Waals surface area contributed by atoms with Crippen LogP contribution in [-0.4, -0.2) is 61.4 Å². The van der Waals surface area contributed by atoms with Crippen LogP contribution in [0.4, 0.5) is 0 Å². The van der Waals surface area contributed by atoms with Crippen LogP contribution in [0.3, 0.4) is 0 Å². The van der Waals surface area contributed by atoms with Crippen molar-refractivity contribution in [2.24, 2.45) is 5.92 Å². The molecule has 180 valence electrons. The van der Waals surface area contributed by atoms with Crippen LogP contribution < -0.4 is 10.1 Å². The highest BCUT2D eigenvalue weighted by Crippen LogP contribution is 2.55. The van der Waals surface area contributed by atoms with Gasteiger partial charge in [0.25, 0.3) is 11.8 Å². The molecule has 4 atom stereocenters. The van der Waals surface area contributed by atoms with E-state index in [4.69, 9.17) is 27.9 Å². The van der Waals surface area contributed by atoms with Gasteiger partial charge in [-0.3, -0.25) is 14.4 Å². The summed E-state index contributed by atoms with van der Waals surface area (Å²) in [6, 6.07) is 3.44. The Hall–Kier alpha value is -1.97. The molecule has 0 spiro atoms. The van der Waals surface area contributed by atoms with Gasteiger partial charge in [0.1, 0.15) is 17.2 Å². The van der Waals surface area contributed by atoms with Crippen molar-refractivity contribution in [2.75, 3.05) is 0 Å². The van der Waals surface area contributed by atoms with Crippen LogP contribution >= 0.6 is 35.0 Å². The molecule has 0 bridgehead atoms. The Balaban J connectivity index is 1.90. The number of amides is 2. The number of nitrogens with zero attached hydrogens (tertiary/aromatic N) is 1. The molecule has 2 aliphatic heterocycles. The van der Waals surface area contributed by atoms with E-state index in [9.17, 15) is 24.3 Å². The molecule has 0 saturated carbocycles. The number of fused-ring (bicyclic) bond motifs is 1. The molecule has 8 nitrogen and oxygen atoms in total. The molecule has 1 aromatic carbocycles. The number of carbonyl (C=O) groups is 4. The summed E-state index contributed by atoms with van der Waals surface area (Å²) in [6.45, 7) is 8.41. The number of thioether (sulfide) groups is 1. The van der Waals surface area contributed by atoms with E-state index < -0.39 is 51.4 Å². The maximum absolute atomic E-state index is 13.3. The number of carboxylic acids is 1. The quantitative estimate of drug-likeness (QED) is 0.402. The maximum atomic E-state index is 13.3. The minimum absolute atomic E-state index is 0.0495. The summed E-state index contributed by atoms with van der Waals surface area (Å²) < 4.78 is 5.02. The van der Waals surface area contributed by atoms with E-state index in [1.807, 2.05) is 13.8 Å². The van der Waals surface area contributed by atoms with Gasteiger partial charge in [0, 0.05) is 14.8 Å². The zero-order chi connectivity index (χ0) is 24.9. The van der Waals surface area contributed by atoms with Gasteiger partial charge in [0.2, 0.25) is 5.54 Å². The minimum atomic E-state index is -1.85. The van der Waals surface area contributed by atoms with Crippen LogP contribution in [0.15, 0.2) is 18.2 Å². The molecule has 11 heteroatoms. The van der Waals surface area contributed by atoms with Crippen LogP contribution in [0.25, 0.3) is 0 Å². The molecule has 1 unspecified atom stereocenters. The van der Waals surface area contributed by atoms with Crippen LogP contribution in [0.5, 0.6) is 5.75 Å². The second-order valence-electron chi connectivity index (χ2n) is 9.22. The summed E-state index contributed by atoms with van der Waals surface area (Å²) in [5.74, 6) is -2.79. The smallest absolute Gasteiger partial charge is 0.327 e. The van der Waals surface area contributed by atoms with Crippen LogP contribution in [-0.2, 0) is 19.2 Å². The number of β-lactam (4-membered cyclic amide) rings is 1. The Kier molecular flexibility index (Phi) is 6.99. The highest BCUT2D eigenvalue weighted by atomic mass is 35.5. The third-order valence-electron chi connectivity index (χ3n) is 5.75. The Bertz CT molecular complexity index is 996. The van der Waals surface area contributed by atoms with E-state index in [1.54, 1.807) is 13.8 Å². The van der Waals surface area contributed by atoms with Crippen molar-refractivity contribution in [1.29, 1.82) is 0 Å². The third-order valence-corrected chi connectivity index (χ3v) is 7.82. The van der Waals surface area contributed by atoms with Crippen LogP contribution in [0.2, 0.25) is 10.0 Å². The first-order chi connectivity index (χ1) is 15.2. The lowest BCUT2D eigenvalue weighted by Gasteiger charge is -2.51. The summed E-state index contributed by atoms with van der Waals surface area (Å²) >= 11 is 13.2. The molecule has 2 heterocycles. The largest absolute Gasteiger partial charge is 0.480 e. The Morgan fingerprint density at radius 3 is 2.27 bits per heavy atom. The van der Waals surface area contributed by atoms with Gasteiger partial charge in [-0.25, -0.2) is 4.79 Å². The monoisotopic (exact) mass is 516 g/mol. The van der Waals surface area contributed by atoms with Gasteiger partial charge >= 0.3 is 5.97 Å². The van der Waals surface area contributed by atoms with Crippen molar-refractivity contribution in [3.8, 4) is 5.75 Å². The number of halogens is 2. The molecule has 2 N–H and O–H groups in total. The molecule has 2 aliphatic rings. The van der Waals surface area contributed by atoms with Crippen molar-refractivity contribution < 1.29 is 29.0 Å². The first-order valence-electron chi connectivity index (χ1n) is 10.4.